The minimum Gasteiger partial charge on any atom is -0.351 e. The number of rotatable bonds is 5. The summed E-state index contributed by atoms with van der Waals surface area (Å²) in [6, 6.07) is 9.49. The van der Waals surface area contributed by atoms with Crippen molar-refractivity contribution in [3.05, 3.63) is 59.9 Å². The van der Waals surface area contributed by atoms with Gasteiger partial charge in [0.25, 0.3) is 5.91 Å². The number of anilines is 2. The van der Waals surface area contributed by atoms with Crippen LogP contribution in [-0.4, -0.2) is 22.4 Å². The predicted molar refractivity (Wildman–Crippen MR) is 98.6 cm³/mol. The Balaban J connectivity index is 2.28. The third-order valence-electron chi connectivity index (χ3n) is 3.47. The maximum absolute atomic E-state index is 12.6. The number of nitrogens with one attached hydrogen (secondary N) is 2. The van der Waals surface area contributed by atoms with Crippen LogP contribution in [0.3, 0.4) is 0 Å². The number of aryl methyl sites for hydroxylation is 1. The average molecular weight is 324 g/mol. The Morgan fingerprint density at radius 2 is 1.96 bits per heavy atom. The Hall–Kier alpha value is -2.69. The van der Waals surface area contributed by atoms with Crippen LogP contribution in [0.15, 0.2) is 43.0 Å². The molecule has 1 heterocycles. The maximum Gasteiger partial charge on any atom is 0.274 e. The van der Waals surface area contributed by atoms with Gasteiger partial charge in [-0.3, -0.25) is 4.79 Å². The molecule has 2 aromatic rings. The Labute approximate surface area is 143 Å². The molecule has 5 nitrogen and oxygen atoms in total. The van der Waals surface area contributed by atoms with Gasteiger partial charge in [-0.2, -0.15) is 0 Å². The first-order valence-corrected chi connectivity index (χ1v) is 7.92. The van der Waals surface area contributed by atoms with Gasteiger partial charge in [-0.25, -0.2) is 9.97 Å². The molecule has 0 unspecified atom stereocenters. The molecular weight excluding hydrogens is 300 g/mol. The monoisotopic (exact) mass is 324 g/mol. The van der Waals surface area contributed by atoms with Gasteiger partial charge in [0.1, 0.15) is 5.69 Å². The fraction of sp³-hybridized carbons (Fsp3) is 0.316. The average Bonchev–Trinajstić information content (AvgIpc) is 2.52. The van der Waals surface area contributed by atoms with Gasteiger partial charge >= 0.3 is 0 Å². The number of benzene rings is 1. The molecule has 5 heteroatoms. The smallest absolute Gasteiger partial charge is 0.274 e. The Kier molecular flexibility index (Phi) is 5.34. The van der Waals surface area contributed by atoms with E-state index in [2.05, 4.69) is 48.0 Å². The van der Waals surface area contributed by atoms with E-state index in [4.69, 9.17) is 0 Å². The molecule has 0 aliphatic rings. The van der Waals surface area contributed by atoms with E-state index in [9.17, 15) is 4.79 Å². The number of carbonyl (C=O) groups is 1. The first kappa shape index (κ1) is 17.7. The molecule has 2 N–H and O–H groups in total. The van der Waals surface area contributed by atoms with Crippen LogP contribution in [0.2, 0.25) is 0 Å². The molecular formula is C19H24N4O. The normalized spacial score (nSPS) is 11.0. The van der Waals surface area contributed by atoms with E-state index in [-0.39, 0.29) is 11.3 Å². The molecule has 0 saturated heterocycles. The van der Waals surface area contributed by atoms with Gasteiger partial charge < -0.3 is 10.6 Å². The number of hydrogen-bond acceptors (Lipinski definition) is 4. The zero-order chi connectivity index (χ0) is 17.7. The Morgan fingerprint density at radius 1 is 1.25 bits per heavy atom. The largest absolute Gasteiger partial charge is 0.351 e. The molecule has 0 spiro atoms. The highest BCUT2D eigenvalue weighted by atomic mass is 16.1. The lowest BCUT2D eigenvalue weighted by atomic mass is 9.86. The number of carbonyl (C=O) groups excluding carboxylic acids is 1. The van der Waals surface area contributed by atoms with Crippen molar-refractivity contribution in [2.24, 2.45) is 0 Å². The standard InChI is InChI=1S/C19H24N4O/c1-6-11-20-18-21-13(2)12-16(23-18)17(24)22-15-10-8-7-9-14(15)19(3,4)5/h6-10,12H,1,11H2,2-5H3,(H,22,24)(H,20,21,23). The molecule has 0 atom stereocenters. The van der Waals surface area contributed by atoms with Crippen LogP contribution in [0.5, 0.6) is 0 Å². The maximum atomic E-state index is 12.6. The molecule has 0 bridgehead atoms. The van der Waals surface area contributed by atoms with Crippen molar-refractivity contribution in [1.29, 1.82) is 0 Å². The molecule has 1 aromatic heterocycles. The summed E-state index contributed by atoms with van der Waals surface area (Å²) >= 11 is 0. The fourth-order valence-electron chi connectivity index (χ4n) is 2.36. The van der Waals surface area contributed by atoms with Crippen LogP contribution >= 0.6 is 0 Å². The van der Waals surface area contributed by atoms with Crippen molar-refractivity contribution in [1.82, 2.24) is 9.97 Å². The van der Waals surface area contributed by atoms with E-state index < -0.39 is 0 Å². The third kappa shape index (κ3) is 4.41. The lowest BCUT2D eigenvalue weighted by Crippen LogP contribution is -2.20. The summed E-state index contributed by atoms with van der Waals surface area (Å²) < 4.78 is 0. The van der Waals surface area contributed by atoms with Crippen LogP contribution in [0.25, 0.3) is 0 Å². The zero-order valence-electron chi connectivity index (χ0n) is 14.7. The number of aromatic nitrogens is 2. The van der Waals surface area contributed by atoms with Crippen molar-refractivity contribution in [2.75, 3.05) is 17.2 Å². The molecule has 0 fully saturated rings. The molecule has 2 rings (SSSR count). The second kappa shape index (κ2) is 7.25. The highest BCUT2D eigenvalue weighted by Crippen LogP contribution is 2.29. The van der Waals surface area contributed by atoms with Gasteiger partial charge in [-0.05, 0) is 30.0 Å². The van der Waals surface area contributed by atoms with E-state index in [1.54, 1.807) is 12.1 Å². The van der Waals surface area contributed by atoms with Crippen LogP contribution in [0.4, 0.5) is 11.6 Å². The van der Waals surface area contributed by atoms with Crippen molar-refractivity contribution in [2.45, 2.75) is 33.1 Å². The molecule has 0 saturated carbocycles. The summed E-state index contributed by atoms with van der Waals surface area (Å²) in [6.07, 6.45) is 1.71. The number of nitrogens with zero attached hydrogens (tertiary/aromatic N) is 2. The van der Waals surface area contributed by atoms with E-state index in [0.29, 0.717) is 18.2 Å². The van der Waals surface area contributed by atoms with Gasteiger partial charge in [0.05, 0.1) is 0 Å². The molecule has 1 aromatic carbocycles. The SMILES string of the molecule is C=CCNc1nc(C)cc(C(=O)Nc2ccccc2C(C)(C)C)n1. The van der Waals surface area contributed by atoms with Crippen molar-refractivity contribution < 1.29 is 4.79 Å². The molecule has 0 aliphatic carbocycles. The van der Waals surface area contributed by atoms with Gasteiger partial charge in [-0.15, -0.1) is 6.58 Å². The van der Waals surface area contributed by atoms with E-state index in [1.165, 1.54) is 0 Å². The lowest BCUT2D eigenvalue weighted by molar-refractivity contribution is 0.102. The molecule has 1 amide bonds. The summed E-state index contributed by atoms with van der Waals surface area (Å²) in [5, 5.41) is 5.98. The highest BCUT2D eigenvalue weighted by Gasteiger charge is 2.19. The summed E-state index contributed by atoms with van der Waals surface area (Å²) in [5.41, 5.74) is 2.87. The first-order chi connectivity index (χ1) is 11.3. The predicted octanol–water partition coefficient (Wildman–Crippen LogP) is 3.93. The van der Waals surface area contributed by atoms with Gasteiger partial charge in [-0.1, -0.05) is 45.0 Å². The lowest BCUT2D eigenvalue weighted by Gasteiger charge is -2.23. The van der Waals surface area contributed by atoms with E-state index in [1.807, 2.05) is 31.2 Å². The summed E-state index contributed by atoms with van der Waals surface area (Å²) in [5.74, 6) is 0.169. The van der Waals surface area contributed by atoms with Crippen LogP contribution < -0.4 is 10.6 Å². The number of amides is 1. The van der Waals surface area contributed by atoms with Gasteiger partial charge in [0.15, 0.2) is 0 Å². The van der Waals surface area contributed by atoms with Crippen LogP contribution in [-0.2, 0) is 5.41 Å². The Morgan fingerprint density at radius 3 is 2.62 bits per heavy atom. The number of para-hydroxylation sites is 1. The van der Waals surface area contributed by atoms with Gasteiger partial charge in [0, 0.05) is 17.9 Å². The van der Waals surface area contributed by atoms with E-state index >= 15 is 0 Å². The molecule has 0 aliphatic heterocycles. The third-order valence-corrected chi connectivity index (χ3v) is 3.47. The quantitative estimate of drug-likeness (QED) is 0.818. The minimum atomic E-state index is -0.251. The van der Waals surface area contributed by atoms with E-state index in [0.717, 1.165) is 16.9 Å². The summed E-state index contributed by atoms with van der Waals surface area (Å²) in [4.78, 5) is 21.2. The van der Waals surface area contributed by atoms with Gasteiger partial charge in [0.2, 0.25) is 5.95 Å². The molecule has 126 valence electrons. The van der Waals surface area contributed by atoms with Crippen molar-refractivity contribution in [3.8, 4) is 0 Å². The fourth-order valence-corrected chi connectivity index (χ4v) is 2.36. The zero-order valence-corrected chi connectivity index (χ0v) is 14.7. The van der Waals surface area contributed by atoms with Crippen molar-refractivity contribution in [3.63, 3.8) is 0 Å². The summed E-state index contributed by atoms with van der Waals surface area (Å²) in [6.45, 7) is 12.4. The second-order valence-electron chi connectivity index (χ2n) is 6.64. The molecule has 24 heavy (non-hydrogen) atoms. The highest BCUT2D eigenvalue weighted by molar-refractivity contribution is 6.03. The minimum absolute atomic E-state index is 0.0673. The summed E-state index contributed by atoms with van der Waals surface area (Å²) in [7, 11) is 0. The number of hydrogen-bond donors (Lipinski definition) is 2. The van der Waals surface area contributed by atoms with Crippen molar-refractivity contribution >= 4 is 17.5 Å². The van der Waals surface area contributed by atoms with Crippen LogP contribution in [0.1, 0.15) is 42.5 Å². The second-order valence-corrected chi connectivity index (χ2v) is 6.64. The van der Waals surface area contributed by atoms with Crippen LogP contribution in [0, 0.1) is 6.92 Å². The first-order valence-electron chi connectivity index (χ1n) is 7.92. The topological polar surface area (TPSA) is 66.9 Å². The Bertz CT molecular complexity index is 747. The molecule has 0 radical (unpaired) electrons.